The monoisotopic (exact) mass is 195 g/mol. The molecule has 1 aliphatic carbocycles. The second kappa shape index (κ2) is 3.69. The lowest BCUT2D eigenvalue weighted by Gasteiger charge is -2.23. The zero-order valence-electron chi connectivity index (χ0n) is 7.59. The highest BCUT2D eigenvalue weighted by atomic mass is 35.5. The van der Waals surface area contributed by atoms with Gasteiger partial charge in [0.1, 0.15) is 0 Å². The third-order valence-electron chi connectivity index (χ3n) is 2.86. The first-order chi connectivity index (χ1) is 6.31. The van der Waals surface area contributed by atoms with Crippen molar-refractivity contribution < 1.29 is 0 Å². The molecule has 2 rings (SSSR count). The number of halogens is 1. The van der Waals surface area contributed by atoms with Gasteiger partial charge in [-0.3, -0.25) is 0 Å². The van der Waals surface area contributed by atoms with Gasteiger partial charge in [0.15, 0.2) is 0 Å². The molecule has 13 heavy (non-hydrogen) atoms. The van der Waals surface area contributed by atoms with Gasteiger partial charge < -0.3 is 5.73 Å². The number of hydrogen-bond acceptors (Lipinski definition) is 1. The largest absolute Gasteiger partial charge is 0.330 e. The van der Waals surface area contributed by atoms with E-state index in [1.165, 1.54) is 17.5 Å². The highest BCUT2D eigenvalue weighted by Gasteiger charge is 2.18. The van der Waals surface area contributed by atoms with Crippen molar-refractivity contribution in [2.75, 3.05) is 6.54 Å². The molecule has 1 aromatic carbocycles. The highest BCUT2D eigenvalue weighted by Crippen LogP contribution is 2.30. The molecule has 70 valence electrons. The minimum atomic E-state index is 0.632. The van der Waals surface area contributed by atoms with Crippen LogP contribution in [-0.4, -0.2) is 6.54 Å². The minimum absolute atomic E-state index is 0.632. The Morgan fingerprint density at radius 3 is 3.08 bits per heavy atom. The molecule has 0 aliphatic heterocycles. The molecule has 0 bridgehead atoms. The third kappa shape index (κ3) is 1.72. The van der Waals surface area contributed by atoms with Crippen molar-refractivity contribution in [1.29, 1.82) is 0 Å². The molecule has 1 atom stereocenters. The molecule has 0 heterocycles. The van der Waals surface area contributed by atoms with E-state index in [0.717, 1.165) is 24.4 Å². The predicted molar refractivity (Wildman–Crippen MR) is 56.0 cm³/mol. The number of fused-ring (bicyclic) bond motifs is 1. The highest BCUT2D eigenvalue weighted by molar-refractivity contribution is 6.31. The van der Waals surface area contributed by atoms with Crippen LogP contribution < -0.4 is 5.73 Å². The SMILES string of the molecule is NCC1CCc2cccc(Cl)c2C1. The van der Waals surface area contributed by atoms with Crippen LogP contribution in [0.2, 0.25) is 5.02 Å². The summed E-state index contributed by atoms with van der Waals surface area (Å²) < 4.78 is 0. The smallest absolute Gasteiger partial charge is 0.0440 e. The van der Waals surface area contributed by atoms with E-state index in [2.05, 4.69) is 6.07 Å². The average Bonchev–Trinajstić information content (AvgIpc) is 2.18. The van der Waals surface area contributed by atoms with Crippen LogP contribution >= 0.6 is 11.6 Å². The van der Waals surface area contributed by atoms with Gasteiger partial charge in [0, 0.05) is 5.02 Å². The van der Waals surface area contributed by atoms with Gasteiger partial charge in [0.2, 0.25) is 0 Å². The number of aryl methyl sites for hydroxylation is 1. The van der Waals surface area contributed by atoms with E-state index in [9.17, 15) is 0 Å². The van der Waals surface area contributed by atoms with Crippen molar-refractivity contribution in [1.82, 2.24) is 0 Å². The fraction of sp³-hybridized carbons (Fsp3) is 0.455. The fourth-order valence-corrected chi connectivity index (χ4v) is 2.29. The van der Waals surface area contributed by atoms with E-state index in [1.807, 2.05) is 12.1 Å². The van der Waals surface area contributed by atoms with Crippen molar-refractivity contribution in [3.05, 3.63) is 34.3 Å². The third-order valence-corrected chi connectivity index (χ3v) is 3.22. The molecule has 0 spiro atoms. The number of benzene rings is 1. The van der Waals surface area contributed by atoms with Crippen LogP contribution in [0, 0.1) is 5.92 Å². The Labute approximate surface area is 83.9 Å². The summed E-state index contributed by atoms with van der Waals surface area (Å²) >= 11 is 6.12. The second-order valence-corrected chi connectivity index (χ2v) is 4.13. The maximum absolute atomic E-state index is 6.12. The maximum Gasteiger partial charge on any atom is 0.0440 e. The lowest BCUT2D eigenvalue weighted by Crippen LogP contribution is -2.22. The van der Waals surface area contributed by atoms with Crippen molar-refractivity contribution in [2.24, 2.45) is 11.7 Å². The molecule has 0 saturated carbocycles. The van der Waals surface area contributed by atoms with Crippen LogP contribution in [0.1, 0.15) is 17.5 Å². The van der Waals surface area contributed by atoms with Gasteiger partial charge >= 0.3 is 0 Å². The van der Waals surface area contributed by atoms with E-state index in [0.29, 0.717) is 5.92 Å². The Balaban J connectivity index is 2.32. The lowest BCUT2D eigenvalue weighted by atomic mass is 9.84. The molecule has 2 heteroatoms. The van der Waals surface area contributed by atoms with Gasteiger partial charge in [0.05, 0.1) is 0 Å². The second-order valence-electron chi connectivity index (χ2n) is 3.72. The summed E-state index contributed by atoms with van der Waals surface area (Å²) in [6.45, 7) is 0.782. The van der Waals surface area contributed by atoms with E-state index >= 15 is 0 Å². The first-order valence-electron chi connectivity index (χ1n) is 4.77. The first kappa shape index (κ1) is 9.04. The topological polar surface area (TPSA) is 26.0 Å². The molecule has 1 unspecified atom stereocenters. The predicted octanol–water partition coefficient (Wildman–Crippen LogP) is 2.40. The summed E-state index contributed by atoms with van der Waals surface area (Å²) in [6, 6.07) is 6.18. The summed E-state index contributed by atoms with van der Waals surface area (Å²) in [6.07, 6.45) is 3.41. The quantitative estimate of drug-likeness (QED) is 0.732. The molecule has 1 aromatic rings. The van der Waals surface area contributed by atoms with Crippen LogP contribution in [0.25, 0.3) is 0 Å². The number of nitrogens with two attached hydrogens (primary N) is 1. The summed E-state index contributed by atoms with van der Waals surface area (Å²) in [5.74, 6) is 0.632. The molecular formula is C11H14ClN. The Bertz CT molecular complexity index is 309. The van der Waals surface area contributed by atoms with Gasteiger partial charge in [-0.25, -0.2) is 0 Å². The summed E-state index contributed by atoms with van der Waals surface area (Å²) in [5, 5.41) is 0.913. The van der Waals surface area contributed by atoms with Gasteiger partial charge in [0.25, 0.3) is 0 Å². The Morgan fingerprint density at radius 2 is 2.31 bits per heavy atom. The molecule has 2 N–H and O–H groups in total. The Kier molecular flexibility index (Phi) is 2.56. The molecule has 1 aliphatic rings. The zero-order chi connectivity index (χ0) is 9.26. The molecular weight excluding hydrogens is 182 g/mol. The Morgan fingerprint density at radius 1 is 1.46 bits per heavy atom. The summed E-state index contributed by atoms with van der Waals surface area (Å²) in [7, 11) is 0. The van der Waals surface area contributed by atoms with Crippen LogP contribution in [0.3, 0.4) is 0 Å². The van der Waals surface area contributed by atoms with Crippen molar-refractivity contribution in [3.8, 4) is 0 Å². The number of hydrogen-bond donors (Lipinski definition) is 1. The number of rotatable bonds is 1. The van der Waals surface area contributed by atoms with Crippen LogP contribution in [0.5, 0.6) is 0 Å². The molecule has 0 aromatic heterocycles. The molecule has 0 saturated heterocycles. The van der Waals surface area contributed by atoms with Crippen molar-refractivity contribution in [3.63, 3.8) is 0 Å². The maximum atomic E-state index is 6.12. The minimum Gasteiger partial charge on any atom is -0.330 e. The first-order valence-corrected chi connectivity index (χ1v) is 5.15. The van der Waals surface area contributed by atoms with Crippen LogP contribution in [0.4, 0.5) is 0 Å². The van der Waals surface area contributed by atoms with E-state index in [-0.39, 0.29) is 0 Å². The van der Waals surface area contributed by atoms with Gasteiger partial charge in [-0.05, 0) is 48.9 Å². The van der Waals surface area contributed by atoms with E-state index in [4.69, 9.17) is 17.3 Å². The van der Waals surface area contributed by atoms with Crippen LogP contribution in [-0.2, 0) is 12.8 Å². The van der Waals surface area contributed by atoms with Gasteiger partial charge in [-0.1, -0.05) is 23.7 Å². The molecule has 1 nitrogen and oxygen atoms in total. The molecule has 0 amide bonds. The van der Waals surface area contributed by atoms with E-state index < -0.39 is 0 Å². The molecule has 0 fully saturated rings. The summed E-state index contributed by atoms with van der Waals surface area (Å²) in [5.41, 5.74) is 8.41. The summed E-state index contributed by atoms with van der Waals surface area (Å²) in [4.78, 5) is 0. The normalized spacial score (nSPS) is 21.2. The Hall–Kier alpha value is -0.530. The zero-order valence-corrected chi connectivity index (χ0v) is 8.35. The van der Waals surface area contributed by atoms with E-state index in [1.54, 1.807) is 0 Å². The standard InChI is InChI=1S/C11H14ClN/c12-11-3-1-2-9-5-4-8(7-13)6-10(9)11/h1-3,8H,4-7,13H2. The van der Waals surface area contributed by atoms with Crippen molar-refractivity contribution >= 4 is 11.6 Å². The van der Waals surface area contributed by atoms with Crippen molar-refractivity contribution in [2.45, 2.75) is 19.3 Å². The lowest BCUT2D eigenvalue weighted by molar-refractivity contribution is 0.469. The average molecular weight is 196 g/mol. The van der Waals surface area contributed by atoms with Gasteiger partial charge in [-0.2, -0.15) is 0 Å². The van der Waals surface area contributed by atoms with Gasteiger partial charge in [-0.15, -0.1) is 0 Å². The van der Waals surface area contributed by atoms with Crippen LogP contribution in [0.15, 0.2) is 18.2 Å². The fourth-order valence-electron chi connectivity index (χ4n) is 2.02. The molecule has 0 radical (unpaired) electrons.